The maximum absolute atomic E-state index is 12.7. The molecule has 0 fully saturated rings. The van der Waals surface area contributed by atoms with Gasteiger partial charge in [-0.05, 0) is 86.1 Å². The van der Waals surface area contributed by atoms with Crippen molar-refractivity contribution in [2.45, 2.75) is 31.6 Å². The number of unbranched alkanes of at least 4 members (excludes halogenated alkanes) is 1. The molecule has 3 rings (SSSR count). The highest BCUT2D eigenvalue weighted by Gasteiger charge is 2.15. The molecular formula is C25H28N2O5S. The van der Waals surface area contributed by atoms with Gasteiger partial charge in [0, 0.05) is 16.9 Å². The third-order valence-electron chi connectivity index (χ3n) is 4.72. The summed E-state index contributed by atoms with van der Waals surface area (Å²) in [5.41, 5.74) is 1.40. The predicted octanol–water partition coefficient (Wildman–Crippen LogP) is 5.32. The van der Waals surface area contributed by atoms with Crippen LogP contribution in [-0.2, 0) is 10.0 Å². The fourth-order valence-corrected chi connectivity index (χ4v) is 4.02. The highest BCUT2D eigenvalue weighted by molar-refractivity contribution is 7.92. The molecule has 3 aromatic rings. The van der Waals surface area contributed by atoms with Crippen molar-refractivity contribution in [1.82, 2.24) is 0 Å². The molecular weight excluding hydrogens is 440 g/mol. The van der Waals surface area contributed by atoms with Crippen LogP contribution in [-0.4, -0.2) is 27.5 Å². The Labute approximate surface area is 194 Å². The number of anilines is 2. The molecule has 0 atom stereocenters. The van der Waals surface area contributed by atoms with E-state index < -0.39 is 10.0 Å². The van der Waals surface area contributed by atoms with E-state index in [2.05, 4.69) is 17.0 Å². The zero-order chi connectivity index (χ0) is 23.7. The van der Waals surface area contributed by atoms with E-state index in [1.807, 2.05) is 6.92 Å². The summed E-state index contributed by atoms with van der Waals surface area (Å²) in [6.45, 7) is 5.15. The van der Waals surface area contributed by atoms with Gasteiger partial charge in [0.25, 0.3) is 15.9 Å². The SMILES string of the molecule is CCCCOc1ccc(C(=O)Nc2ccc(S(=O)(=O)Nc3ccc(OCC)cc3)cc2)cc1. The Morgan fingerprint density at radius 1 is 0.788 bits per heavy atom. The molecule has 0 heterocycles. The van der Waals surface area contributed by atoms with Gasteiger partial charge in [0.2, 0.25) is 0 Å². The molecule has 0 bridgehead atoms. The van der Waals surface area contributed by atoms with Crippen LogP contribution in [0.5, 0.6) is 11.5 Å². The third-order valence-corrected chi connectivity index (χ3v) is 6.12. The van der Waals surface area contributed by atoms with Crippen LogP contribution in [0.15, 0.2) is 77.7 Å². The summed E-state index contributed by atoms with van der Waals surface area (Å²) in [5.74, 6) is 1.09. The lowest BCUT2D eigenvalue weighted by molar-refractivity contribution is 0.102. The van der Waals surface area contributed by atoms with Gasteiger partial charge in [0.05, 0.1) is 18.1 Å². The molecule has 0 aliphatic carbocycles. The van der Waals surface area contributed by atoms with Crippen LogP contribution in [0, 0.1) is 0 Å². The summed E-state index contributed by atoms with van der Waals surface area (Å²) in [6.07, 6.45) is 2.03. The van der Waals surface area contributed by atoms with Crippen molar-refractivity contribution in [1.29, 1.82) is 0 Å². The number of hydrogen-bond donors (Lipinski definition) is 2. The Morgan fingerprint density at radius 2 is 1.36 bits per heavy atom. The Balaban J connectivity index is 1.60. The van der Waals surface area contributed by atoms with Crippen LogP contribution in [0.4, 0.5) is 11.4 Å². The van der Waals surface area contributed by atoms with Crippen molar-refractivity contribution in [3.05, 3.63) is 78.4 Å². The standard InChI is InChI=1S/C25H28N2O5S/c1-3-5-18-32-23-12-6-19(7-13-23)25(28)26-20-10-16-24(17-11-20)33(29,30)27-21-8-14-22(15-9-21)31-4-2/h6-17,27H,3-5,18H2,1-2H3,(H,26,28). The van der Waals surface area contributed by atoms with Crippen LogP contribution < -0.4 is 19.5 Å². The van der Waals surface area contributed by atoms with E-state index in [4.69, 9.17) is 9.47 Å². The largest absolute Gasteiger partial charge is 0.494 e. The number of ether oxygens (including phenoxy) is 2. The zero-order valence-electron chi connectivity index (χ0n) is 18.7. The summed E-state index contributed by atoms with van der Waals surface area (Å²) < 4.78 is 38.8. The summed E-state index contributed by atoms with van der Waals surface area (Å²) in [5, 5.41) is 2.77. The fourth-order valence-electron chi connectivity index (χ4n) is 2.96. The number of rotatable bonds is 11. The lowest BCUT2D eigenvalue weighted by Crippen LogP contribution is -2.14. The van der Waals surface area contributed by atoms with Crippen LogP contribution in [0.3, 0.4) is 0 Å². The monoisotopic (exact) mass is 468 g/mol. The first-order valence-corrected chi connectivity index (χ1v) is 12.3. The highest BCUT2D eigenvalue weighted by atomic mass is 32.2. The molecule has 33 heavy (non-hydrogen) atoms. The molecule has 0 spiro atoms. The summed E-state index contributed by atoms with van der Waals surface area (Å²) in [4.78, 5) is 12.6. The molecule has 0 unspecified atom stereocenters. The van der Waals surface area contributed by atoms with Gasteiger partial charge in [-0.1, -0.05) is 13.3 Å². The second-order valence-electron chi connectivity index (χ2n) is 7.27. The quantitative estimate of drug-likeness (QED) is 0.372. The maximum atomic E-state index is 12.7. The van der Waals surface area contributed by atoms with Crippen molar-refractivity contribution in [3.8, 4) is 11.5 Å². The Bertz CT molecular complexity index is 1140. The minimum atomic E-state index is -3.77. The van der Waals surface area contributed by atoms with E-state index in [0.717, 1.165) is 18.6 Å². The van der Waals surface area contributed by atoms with Crippen molar-refractivity contribution < 1.29 is 22.7 Å². The summed E-state index contributed by atoms with van der Waals surface area (Å²) in [7, 11) is -3.77. The van der Waals surface area contributed by atoms with Crippen molar-refractivity contribution >= 4 is 27.3 Å². The molecule has 0 aromatic heterocycles. The molecule has 0 aliphatic heterocycles. The van der Waals surface area contributed by atoms with E-state index >= 15 is 0 Å². The average Bonchev–Trinajstić information content (AvgIpc) is 2.81. The zero-order valence-corrected chi connectivity index (χ0v) is 19.5. The van der Waals surface area contributed by atoms with Gasteiger partial charge in [-0.3, -0.25) is 9.52 Å². The summed E-state index contributed by atoms with van der Waals surface area (Å²) in [6, 6.07) is 19.5. The molecule has 8 heteroatoms. The Morgan fingerprint density at radius 3 is 1.97 bits per heavy atom. The minimum absolute atomic E-state index is 0.0861. The molecule has 0 saturated carbocycles. The molecule has 0 radical (unpaired) electrons. The number of amides is 1. The topological polar surface area (TPSA) is 93.7 Å². The van der Waals surface area contributed by atoms with Gasteiger partial charge in [-0.2, -0.15) is 0 Å². The molecule has 0 saturated heterocycles. The van der Waals surface area contributed by atoms with Crippen LogP contribution >= 0.6 is 0 Å². The van der Waals surface area contributed by atoms with Gasteiger partial charge in [0.1, 0.15) is 11.5 Å². The van der Waals surface area contributed by atoms with Crippen LogP contribution in [0.25, 0.3) is 0 Å². The number of nitrogens with one attached hydrogen (secondary N) is 2. The Kier molecular flexibility index (Phi) is 8.32. The van der Waals surface area contributed by atoms with Gasteiger partial charge in [-0.25, -0.2) is 8.42 Å². The molecule has 0 aliphatic rings. The highest BCUT2D eigenvalue weighted by Crippen LogP contribution is 2.21. The van der Waals surface area contributed by atoms with Crippen molar-refractivity contribution in [2.75, 3.05) is 23.3 Å². The van der Waals surface area contributed by atoms with Crippen LogP contribution in [0.1, 0.15) is 37.0 Å². The first-order chi connectivity index (χ1) is 15.9. The summed E-state index contributed by atoms with van der Waals surface area (Å²) >= 11 is 0. The normalized spacial score (nSPS) is 11.0. The number of carbonyl (C=O) groups is 1. The number of carbonyl (C=O) groups excluding carboxylic acids is 1. The minimum Gasteiger partial charge on any atom is -0.494 e. The third kappa shape index (κ3) is 6.98. The number of sulfonamides is 1. The fraction of sp³-hybridized carbons (Fsp3) is 0.240. The van der Waals surface area contributed by atoms with Gasteiger partial charge in [0.15, 0.2) is 0 Å². The van der Waals surface area contributed by atoms with Crippen LogP contribution in [0.2, 0.25) is 0 Å². The van der Waals surface area contributed by atoms with E-state index in [-0.39, 0.29) is 10.8 Å². The van der Waals surface area contributed by atoms with E-state index in [1.165, 1.54) is 12.1 Å². The van der Waals surface area contributed by atoms with Gasteiger partial charge >= 0.3 is 0 Å². The van der Waals surface area contributed by atoms with E-state index in [0.29, 0.717) is 35.9 Å². The second kappa shape index (κ2) is 11.4. The second-order valence-corrected chi connectivity index (χ2v) is 8.95. The lowest BCUT2D eigenvalue weighted by atomic mass is 10.2. The molecule has 3 aromatic carbocycles. The van der Waals surface area contributed by atoms with Crippen molar-refractivity contribution in [2.24, 2.45) is 0 Å². The van der Waals surface area contributed by atoms with E-state index in [9.17, 15) is 13.2 Å². The number of hydrogen-bond acceptors (Lipinski definition) is 5. The number of benzene rings is 3. The smallest absolute Gasteiger partial charge is 0.261 e. The first-order valence-electron chi connectivity index (χ1n) is 10.8. The van der Waals surface area contributed by atoms with E-state index in [1.54, 1.807) is 60.7 Å². The predicted molar refractivity (Wildman–Crippen MR) is 130 cm³/mol. The average molecular weight is 469 g/mol. The molecule has 2 N–H and O–H groups in total. The Hall–Kier alpha value is -3.52. The maximum Gasteiger partial charge on any atom is 0.261 e. The first kappa shape index (κ1) is 24.1. The van der Waals surface area contributed by atoms with Crippen molar-refractivity contribution in [3.63, 3.8) is 0 Å². The molecule has 7 nitrogen and oxygen atoms in total. The van der Waals surface area contributed by atoms with Gasteiger partial charge < -0.3 is 14.8 Å². The lowest BCUT2D eigenvalue weighted by Gasteiger charge is -2.11. The molecule has 174 valence electrons. The van der Waals surface area contributed by atoms with Gasteiger partial charge in [-0.15, -0.1) is 0 Å². The molecule has 1 amide bonds.